The van der Waals surface area contributed by atoms with E-state index < -0.39 is 181 Å². The molecule has 2 aliphatic rings. The molecule has 34 nitrogen and oxygen atoms in total. The van der Waals surface area contributed by atoms with Crippen LogP contribution in [0, 0.1) is 0 Å². The Hall–Kier alpha value is -6.88. The summed E-state index contributed by atoms with van der Waals surface area (Å²) in [6.07, 6.45) is 1.23. The minimum atomic E-state index is -5.40. The van der Waals surface area contributed by atoms with Gasteiger partial charge in [-0.25, -0.2) is 0 Å². The summed E-state index contributed by atoms with van der Waals surface area (Å²) < 4.78 is 208. The van der Waals surface area contributed by atoms with Gasteiger partial charge >= 0.3 is 0 Å². The maximum absolute atomic E-state index is 14.2. The van der Waals surface area contributed by atoms with E-state index in [1.54, 1.807) is 0 Å². The van der Waals surface area contributed by atoms with Crippen molar-refractivity contribution in [3.8, 4) is 0 Å². The zero-order valence-corrected chi connectivity index (χ0v) is 54.0. The van der Waals surface area contributed by atoms with Crippen molar-refractivity contribution in [2.24, 2.45) is 10.2 Å². The predicted octanol–water partition coefficient (Wildman–Crippen LogP) is 4.35. The number of anilines is 10. The third kappa shape index (κ3) is 15.7. The molecular weight excluding hydrogens is 1350 g/mol. The van der Waals surface area contributed by atoms with Crippen LogP contribution in [0.15, 0.2) is 137 Å². The number of allylic oxidation sites excluding steroid dienone is 2. The molecule has 9 rings (SSSR count). The Bertz CT molecular complexity index is 4670. The van der Waals surface area contributed by atoms with Gasteiger partial charge in [0.1, 0.15) is 19.6 Å². The van der Waals surface area contributed by atoms with Crippen LogP contribution in [-0.2, 0) is 60.7 Å². The molecule has 0 saturated carbocycles. The third-order valence-corrected chi connectivity index (χ3v) is 16.9. The zero-order valence-electron chi connectivity index (χ0n) is 43.6. The number of carbonyl (C=O) groups excluding carboxylic acids is 2. The normalized spacial score (nSPS) is 14.5. The van der Waals surface area contributed by atoms with Crippen LogP contribution in [-0.4, -0.2) is 190 Å². The maximum atomic E-state index is 14.2. The summed E-state index contributed by atoms with van der Waals surface area (Å²) in [5, 5.41) is 17.1. The van der Waals surface area contributed by atoms with Crippen molar-refractivity contribution in [1.29, 1.82) is 0 Å². The molecule has 5 aromatic carbocycles. The second kappa shape index (κ2) is 25.9. The zero-order chi connectivity index (χ0) is 62.6. The molecule has 2 aromatic heterocycles. The number of carbonyl (C=O) groups is 2. The van der Waals surface area contributed by atoms with Crippen LogP contribution in [0.25, 0.3) is 12.2 Å². The van der Waals surface area contributed by atoms with Crippen LogP contribution in [0.1, 0.15) is 31.8 Å². The summed E-state index contributed by atoms with van der Waals surface area (Å²) in [7, 11) is -30.9. The van der Waals surface area contributed by atoms with Crippen molar-refractivity contribution in [3.05, 3.63) is 140 Å². The van der Waals surface area contributed by atoms with Crippen LogP contribution >= 0.6 is 23.2 Å². The number of para-hydroxylation sites is 2. The van der Waals surface area contributed by atoms with Crippen molar-refractivity contribution in [3.63, 3.8) is 0 Å². The Morgan fingerprint density at radius 2 is 0.705 bits per heavy atom. The molecule has 0 spiro atoms. The molecule has 44 heteroatoms. The Balaban J connectivity index is 0.00000552. The van der Waals surface area contributed by atoms with Gasteiger partial charge in [-0.1, -0.05) is 24.3 Å². The molecule has 12 N–H and O–H groups in total. The van der Waals surface area contributed by atoms with Crippen molar-refractivity contribution >= 4 is 236 Å². The van der Waals surface area contributed by atoms with E-state index in [9.17, 15) is 87.4 Å². The largest absolute Gasteiger partial charge is 0.324 e. The molecule has 0 amide bonds. The van der Waals surface area contributed by atoms with E-state index in [2.05, 4.69) is 72.2 Å². The summed E-state index contributed by atoms with van der Waals surface area (Å²) in [6, 6.07) is 17.5. The van der Waals surface area contributed by atoms with Gasteiger partial charge in [-0.3, -0.25) is 47.8 Å². The Kier molecular flexibility index (Phi) is 20.2. The molecule has 0 atom stereocenters. The van der Waals surface area contributed by atoms with Gasteiger partial charge in [0.2, 0.25) is 45.9 Å². The molecule has 88 heavy (non-hydrogen) atoms. The van der Waals surface area contributed by atoms with Gasteiger partial charge in [-0.05, 0) is 119 Å². The van der Waals surface area contributed by atoms with Gasteiger partial charge in [0.25, 0.3) is 60.7 Å². The first kappa shape index (κ1) is 68.6. The smallest absolute Gasteiger partial charge is 0.296 e. The topological polar surface area (TPSA) is 535 Å². The summed E-state index contributed by atoms with van der Waals surface area (Å²) in [5.74, 6) is -4.39. The van der Waals surface area contributed by atoms with Crippen LogP contribution in [0.4, 0.5) is 57.9 Å². The van der Waals surface area contributed by atoms with E-state index in [-0.39, 0.29) is 82.4 Å². The first-order chi connectivity index (χ1) is 40.0. The number of hydrazone groups is 2. The van der Waals surface area contributed by atoms with E-state index in [0.717, 1.165) is 36.4 Å². The van der Waals surface area contributed by atoms with Crippen molar-refractivity contribution in [1.82, 2.24) is 29.9 Å². The SMILES string of the molecule is O=C1/C(=N/Nc2ccccc2S(=O)(=O)O)C(S(=O)(=O)O)=Cc2cc(S(=O)(=O)O)cc(Nc3nc(Cl)nc(Nc4ccc(Nc5nc(Cl)nc(Nc6cc(S(=O)(=O)O)cc7c6C(=O)/C(=N/Nc6ccccc6S(=O)(=O)O)C(S(=O)(=O)O)=C7)n5)cc4)n3)c21.[Na].[Na]. The Morgan fingerprint density at radius 1 is 0.386 bits per heavy atom. The summed E-state index contributed by atoms with van der Waals surface area (Å²) in [4.78, 5) is 46.8. The fourth-order valence-corrected chi connectivity index (χ4v) is 11.9. The van der Waals surface area contributed by atoms with Crippen LogP contribution < -0.4 is 32.1 Å². The number of nitrogens with one attached hydrogen (secondary N) is 6. The molecule has 2 radical (unpaired) electrons. The first-order valence-corrected chi connectivity index (χ1v) is 32.0. The molecule has 7 aromatic rings. The average molecular weight is 1380 g/mol. The summed E-state index contributed by atoms with van der Waals surface area (Å²) in [6.45, 7) is 0. The van der Waals surface area contributed by atoms with Crippen LogP contribution in [0.2, 0.25) is 10.6 Å². The van der Waals surface area contributed by atoms with Gasteiger partial charge in [-0.2, -0.15) is 90.6 Å². The molecule has 0 bridgehead atoms. The number of halogens is 2. The van der Waals surface area contributed by atoms with Gasteiger partial charge in [0.15, 0.2) is 11.4 Å². The van der Waals surface area contributed by atoms with Gasteiger partial charge in [-0.15, -0.1) is 0 Å². The number of benzene rings is 5. The van der Waals surface area contributed by atoms with Gasteiger partial charge in [0.05, 0.1) is 43.7 Å². The first-order valence-electron chi connectivity index (χ1n) is 22.6. The number of ketones is 2. The van der Waals surface area contributed by atoms with E-state index in [1.807, 2.05) is 0 Å². The molecule has 0 fully saturated rings. The third-order valence-electron chi connectivity index (χ3n) is 11.4. The monoisotopic (exact) mass is 1380 g/mol. The Labute approximate surface area is 549 Å². The maximum Gasteiger partial charge on any atom is 0.296 e. The van der Waals surface area contributed by atoms with E-state index in [4.69, 9.17) is 23.2 Å². The number of Topliss-reactive ketones (excluding diaryl/α,β-unsaturated/α-hetero) is 2. The molecule has 0 saturated heterocycles. The van der Waals surface area contributed by atoms with Crippen molar-refractivity contribution < 1.29 is 87.4 Å². The van der Waals surface area contributed by atoms with Gasteiger partial charge < -0.3 is 21.3 Å². The minimum Gasteiger partial charge on any atom is -0.324 e. The predicted molar refractivity (Wildman–Crippen MR) is 316 cm³/mol. The Morgan fingerprint density at radius 3 is 1.01 bits per heavy atom. The minimum absolute atomic E-state index is 0. The summed E-state index contributed by atoms with van der Waals surface area (Å²) >= 11 is 12.5. The van der Waals surface area contributed by atoms with Crippen molar-refractivity contribution in [2.45, 2.75) is 19.6 Å². The van der Waals surface area contributed by atoms with Crippen LogP contribution in [0.5, 0.6) is 0 Å². The van der Waals surface area contributed by atoms with E-state index in [1.165, 1.54) is 48.5 Å². The van der Waals surface area contributed by atoms with Gasteiger partial charge in [0, 0.05) is 70.5 Å². The van der Waals surface area contributed by atoms with E-state index in [0.29, 0.717) is 24.3 Å². The fourth-order valence-electron chi connectivity index (χ4n) is 7.85. The number of rotatable bonds is 18. The molecular formula is C44H30Cl2N14Na2O20S6. The second-order valence-electron chi connectivity index (χ2n) is 17.1. The molecule has 0 unspecified atom stereocenters. The second-order valence-corrected chi connectivity index (χ2v) is 26.2. The number of hydrogen-bond acceptors (Lipinski definition) is 28. The quantitative estimate of drug-likeness (QED) is 0.0323. The molecule has 448 valence electrons. The number of aromatic nitrogens is 6. The molecule has 2 aliphatic carbocycles. The fraction of sp³-hybridized carbons (Fsp3) is 0. The molecule has 0 aliphatic heterocycles. The number of hydrogen-bond donors (Lipinski definition) is 12. The molecule has 2 heterocycles. The van der Waals surface area contributed by atoms with Crippen LogP contribution in [0.3, 0.4) is 0 Å². The summed E-state index contributed by atoms with van der Waals surface area (Å²) in [5.41, 5.74) is -1.62. The average Bonchev–Trinajstić information content (AvgIpc) is 0.860. The standard InChI is InChI=1S/C44H30Cl2N14O20S6.2Na/c45-39-51-41(55-43(53-39)49-27-17-23(81(63,64)65)13-19-15-31(85(75,76)77)35(37(61)33(19)27)59-57-25-5-1-3-7-29(25)83(69,70)71)47-21-9-11-22(12-10-21)48-42-52-40(46)54-44(56-42)50-28-18-24(82(66,67)68)14-20-16-32(86(78,79)80)36(38(62)34(20)28)60-58-26-6-2-4-8-30(26)84(72,73)74;;/h1-18,57-58H,(H,63,64,65)(H,66,67,68)(H,69,70,71)(H,72,73,74)(H,75,76,77)(H,78,79,80)(H2,47,49,51,53,55)(H2,48,50,52,54,56);;/b59-35+,60-36+;;. The number of nitrogens with zero attached hydrogens (tertiary/aromatic N) is 8. The van der Waals surface area contributed by atoms with E-state index >= 15 is 0 Å². The number of fused-ring (bicyclic) bond motifs is 2. The van der Waals surface area contributed by atoms with Crippen molar-refractivity contribution in [2.75, 3.05) is 32.1 Å².